The highest BCUT2D eigenvalue weighted by Gasteiger charge is 2.34. The number of oxazole rings is 1. The smallest absolute Gasteiger partial charge is 0.275 e. The standard InChI is InChI=1S/C15H21F2N3O3/c16-15(17)3-1-5-20(7-4-15)14(22)12-10-23-13(18-12)9-19-6-2-11(21)8-19/h10-11,21H,1-9H2/t11-/m0/s1. The van der Waals surface area contributed by atoms with Crippen LogP contribution in [0.4, 0.5) is 8.78 Å². The third-order valence-corrected chi connectivity index (χ3v) is 4.38. The van der Waals surface area contributed by atoms with Crippen molar-refractivity contribution in [3.63, 3.8) is 0 Å². The fraction of sp³-hybridized carbons (Fsp3) is 0.733. The largest absolute Gasteiger partial charge is 0.447 e. The molecular weight excluding hydrogens is 308 g/mol. The Balaban J connectivity index is 1.59. The summed E-state index contributed by atoms with van der Waals surface area (Å²) in [5, 5.41) is 9.50. The quantitative estimate of drug-likeness (QED) is 0.910. The molecule has 1 aromatic rings. The molecule has 0 aromatic carbocycles. The molecule has 2 fully saturated rings. The molecule has 0 radical (unpaired) electrons. The number of aromatic nitrogens is 1. The second kappa shape index (κ2) is 6.52. The first-order valence-corrected chi connectivity index (χ1v) is 7.95. The lowest BCUT2D eigenvalue weighted by atomic mass is 10.1. The fourth-order valence-corrected chi connectivity index (χ4v) is 3.06. The normalized spacial score (nSPS) is 25.5. The number of hydrogen-bond donors (Lipinski definition) is 1. The number of carbonyl (C=O) groups excluding carboxylic acids is 1. The summed E-state index contributed by atoms with van der Waals surface area (Å²) in [6, 6.07) is 0. The SMILES string of the molecule is O=C(c1coc(CN2CC[C@H](O)C2)n1)N1CCCC(F)(F)CC1. The van der Waals surface area contributed by atoms with E-state index in [-0.39, 0.29) is 43.5 Å². The van der Waals surface area contributed by atoms with Crippen LogP contribution >= 0.6 is 0 Å². The van der Waals surface area contributed by atoms with E-state index in [0.717, 1.165) is 6.54 Å². The van der Waals surface area contributed by atoms with E-state index < -0.39 is 5.92 Å². The molecule has 23 heavy (non-hydrogen) atoms. The highest BCUT2D eigenvalue weighted by molar-refractivity contribution is 5.92. The third kappa shape index (κ3) is 4.06. The highest BCUT2D eigenvalue weighted by atomic mass is 19.3. The Hall–Kier alpha value is -1.54. The van der Waals surface area contributed by atoms with Gasteiger partial charge >= 0.3 is 0 Å². The Morgan fingerprint density at radius 1 is 1.39 bits per heavy atom. The maximum atomic E-state index is 13.4. The lowest BCUT2D eigenvalue weighted by Gasteiger charge is -2.19. The van der Waals surface area contributed by atoms with Crippen LogP contribution in [0.2, 0.25) is 0 Å². The van der Waals surface area contributed by atoms with Crippen molar-refractivity contribution in [3.8, 4) is 0 Å². The average Bonchev–Trinajstić information content (AvgIpc) is 3.07. The Kier molecular flexibility index (Phi) is 4.63. The predicted molar refractivity (Wildman–Crippen MR) is 77.1 cm³/mol. The summed E-state index contributed by atoms with van der Waals surface area (Å²) in [5.74, 6) is -2.65. The van der Waals surface area contributed by atoms with Gasteiger partial charge in [0.05, 0.1) is 12.6 Å². The van der Waals surface area contributed by atoms with Crippen molar-refractivity contribution >= 4 is 5.91 Å². The summed E-state index contributed by atoms with van der Waals surface area (Å²) in [7, 11) is 0. The van der Waals surface area contributed by atoms with Crippen molar-refractivity contribution < 1.29 is 23.1 Å². The van der Waals surface area contributed by atoms with Gasteiger partial charge in [0.25, 0.3) is 5.91 Å². The first kappa shape index (κ1) is 16.3. The summed E-state index contributed by atoms with van der Waals surface area (Å²) in [5.41, 5.74) is 0.157. The minimum Gasteiger partial charge on any atom is -0.447 e. The molecule has 3 heterocycles. The lowest BCUT2D eigenvalue weighted by Crippen LogP contribution is -2.33. The van der Waals surface area contributed by atoms with E-state index in [1.165, 1.54) is 11.2 Å². The van der Waals surface area contributed by atoms with Gasteiger partial charge in [-0.25, -0.2) is 13.8 Å². The van der Waals surface area contributed by atoms with Crippen LogP contribution in [0.25, 0.3) is 0 Å². The van der Waals surface area contributed by atoms with E-state index in [1.54, 1.807) is 0 Å². The maximum Gasteiger partial charge on any atom is 0.275 e. The second-order valence-corrected chi connectivity index (χ2v) is 6.31. The number of likely N-dealkylation sites (tertiary alicyclic amines) is 2. The molecule has 2 aliphatic rings. The van der Waals surface area contributed by atoms with Crippen molar-refractivity contribution in [2.24, 2.45) is 0 Å². The monoisotopic (exact) mass is 329 g/mol. The highest BCUT2D eigenvalue weighted by Crippen LogP contribution is 2.28. The summed E-state index contributed by atoms with van der Waals surface area (Å²) in [4.78, 5) is 20.0. The fourth-order valence-electron chi connectivity index (χ4n) is 3.06. The lowest BCUT2D eigenvalue weighted by molar-refractivity contribution is -0.0126. The van der Waals surface area contributed by atoms with E-state index in [1.807, 2.05) is 4.90 Å². The van der Waals surface area contributed by atoms with Gasteiger partial charge in [0, 0.05) is 39.0 Å². The van der Waals surface area contributed by atoms with Crippen molar-refractivity contribution in [1.82, 2.24) is 14.8 Å². The first-order valence-electron chi connectivity index (χ1n) is 7.95. The molecule has 1 aromatic heterocycles. The van der Waals surface area contributed by atoms with Gasteiger partial charge in [-0.2, -0.15) is 0 Å². The van der Waals surface area contributed by atoms with Crippen LogP contribution in [0.1, 0.15) is 42.1 Å². The Morgan fingerprint density at radius 3 is 2.96 bits per heavy atom. The molecule has 3 rings (SSSR count). The minimum atomic E-state index is -2.69. The van der Waals surface area contributed by atoms with Gasteiger partial charge in [0.2, 0.25) is 11.8 Å². The van der Waals surface area contributed by atoms with Crippen molar-refractivity contribution in [1.29, 1.82) is 0 Å². The van der Waals surface area contributed by atoms with Crippen molar-refractivity contribution in [3.05, 3.63) is 17.8 Å². The number of rotatable bonds is 3. The van der Waals surface area contributed by atoms with E-state index >= 15 is 0 Å². The van der Waals surface area contributed by atoms with Crippen LogP contribution in [0.15, 0.2) is 10.7 Å². The number of alkyl halides is 2. The van der Waals surface area contributed by atoms with Gasteiger partial charge in [-0.05, 0) is 12.8 Å². The zero-order chi connectivity index (χ0) is 16.4. The van der Waals surface area contributed by atoms with Crippen LogP contribution in [0, 0.1) is 0 Å². The van der Waals surface area contributed by atoms with E-state index in [2.05, 4.69) is 4.98 Å². The molecule has 8 heteroatoms. The number of β-amino-alcohol motifs (C(OH)–C–C–N with tert-alkyl or cyclic N) is 1. The molecule has 0 aliphatic carbocycles. The molecule has 1 N–H and O–H groups in total. The molecule has 0 spiro atoms. The zero-order valence-corrected chi connectivity index (χ0v) is 12.9. The van der Waals surface area contributed by atoms with Gasteiger partial charge in [0.15, 0.2) is 5.69 Å². The van der Waals surface area contributed by atoms with Crippen molar-refractivity contribution in [2.75, 3.05) is 26.2 Å². The van der Waals surface area contributed by atoms with Gasteiger partial charge < -0.3 is 14.4 Å². The number of halogens is 2. The number of nitrogens with zero attached hydrogens (tertiary/aromatic N) is 3. The summed E-state index contributed by atoms with van der Waals surface area (Å²) >= 11 is 0. The summed E-state index contributed by atoms with van der Waals surface area (Å²) in [6.45, 7) is 2.10. The average molecular weight is 329 g/mol. The number of carbonyl (C=O) groups is 1. The summed E-state index contributed by atoms with van der Waals surface area (Å²) < 4.78 is 32.1. The van der Waals surface area contributed by atoms with Crippen LogP contribution < -0.4 is 0 Å². The maximum absolute atomic E-state index is 13.4. The van der Waals surface area contributed by atoms with Crippen molar-refractivity contribution in [2.45, 2.75) is 44.3 Å². The minimum absolute atomic E-state index is 0.0341. The number of aliphatic hydroxyl groups excluding tert-OH is 1. The Bertz CT molecular complexity index is 564. The Labute approximate surface area is 133 Å². The van der Waals surface area contributed by atoms with Crippen LogP contribution in [0.3, 0.4) is 0 Å². The molecule has 2 saturated heterocycles. The van der Waals surface area contributed by atoms with Crippen LogP contribution in [-0.2, 0) is 6.54 Å². The van der Waals surface area contributed by atoms with Crippen LogP contribution in [0.5, 0.6) is 0 Å². The van der Waals surface area contributed by atoms with Gasteiger partial charge in [-0.15, -0.1) is 0 Å². The van der Waals surface area contributed by atoms with E-state index in [0.29, 0.717) is 31.9 Å². The molecule has 6 nitrogen and oxygen atoms in total. The van der Waals surface area contributed by atoms with Gasteiger partial charge in [-0.3, -0.25) is 9.69 Å². The molecular formula is C15H21F2N3O3. The second-order valence-electron chi connectivity index (χ2n) is 6.31. The number of hydrogen-bond acceptors (Lipinski definition) is 5. The summed E-state index contributed by atoms with van der Waals surface area (Å²) in [6.07, 6.45) is 1.47. The molecule has 1 amide bonds. The van der Waals surface area contributed by atoms with E-state index in [9.17, 15) is 18.7 Å². The molecule has 128 valence electrons. The number of amides is 1. The van der Waals surface area contributed by atoms with Gasteiger partial charge in [0.1, 0.15) is 6.26 Å². The Morgan fingerprint density at radius 2 is 2.22 bits per heavy atom. The van der Waals surface area contributed by atoms with Crippen LogP contribution in [-0.4, -0.2) is 64.0 Å². The van der Waals surface area contributed by atoms with E-state index in [4.69, 9.17) is 4.42 Å². The molecule has 0 saturated carbocycles. The first-order chi connectivity index (χ1) is 10.9. The number of aliphatic hydroxyl groups is 1. The molecule has 0 unspecified atom stereocenters. The van der Waals surface area contributed by atoms with Gasteiger partial charge in [-0.1, -0.05) is 0 Å². The molecule has 1 atom stereocenters. The zero-order valence-electron chi connectivity index (χ0n) is 12.9. The molecule has 2 aliphatic heterocycles. The predicted octanol–water partition coefficient (Wildman–Crippen LogP) is 1.50. The molecule has 0 bridgehead atoms. The third-order valence-electron chi connectivity index (χ3n) is 4.38. The topological polar surface area (TPSA) is 69.8 Å².